The number of anilines is 1. The zero-order valence-electron chi connectivity index (χ0n) is 12.7. The maximum absolute atomic E-state index is 12.5. The molecule has 0 radical (unpaired) electrons. The van der Waals surface area contributed by atoms with Gasteiger partial charge in [0.25, 0.3) is 5.56 Å². The van der Waals surface area contributed by atoms with Crippen molar-refractivity contribution in [1.82, 2.24) is 18.7 Å². The number of aromatic nitrogens is 4. The van der Waals surface area contributed by atoms with E-state index in [4.69, 9.17) is 5.84 Å². The number of unbranched alkanes of at least 4 members (excludes halogenated alkanes) is 1. The highest BCUT2D eigenvalue weighted by Crippen LogP contribution is 2.15. The molecule has 21 heavy (non-hydrogen) atoms. The Bertz CT molecular complexity index is 755. The predicted octanol–water partition coefficient (Wildman–Crippen LogP) is 0.485. The molecule has 8 nitrogen and oxygen atoms in total. The SMILES string of the molecule is CCCCn1c(=O)n(CC)c(=O)c2c1nc(NN)n2CC. The van der Waals surface area contributed by atoms with E-state index in [0.29, 0.717) is 36.7 Å². The second-order valence-electron chi connectivity index (χ2n) is 4.83. The lowest BCUT2D eigenvalue weighted by atomic mass is 10.3. The lowest BCUT2D eigenvalue weighted by Gasteiger charge is -2.10. The number of hydrogen-bond acceptors (Lipinski definition) is 5. The second-order valence-corrected chi connectivity index (χ2v) is 4.83. The smallest absolute Gasteiger partial charge is 0.304 e. The number of fused-ring (bicyclic) bond motifs is 1. The summed E-state index contributed by atoms with van der Waals surface area (Å²) in [6.45, 7) is 7.15. The highest BCUT2D eigenvalue weighted by Gasteiger charge is 2.19. The number of imidazole rings is 1. The van der Waals surface area contributed by atoms with Crippen molar-refractivity contribution in [3.63, 3.8) is 0 Å². The molecule has 8 heteroatoms. The number of nitrogen functional groups attached to an aromatic ring is 1. The fourth-order valence-corrected chi connectivity index (χ4v) is 2.51. The van der Waals surface area contributed by atoms with Crippen molar-refractivity contribution >= 4 is 17.1 Å². The number of rotatable bonds is 6. The monoisotopic (exact) mass is 294 g/mol. The van der Waals surface area contributed by atoms with Crippen LogP contribution in [-0.2, 0) is 19.6 Å². The van der Waals surface area contributed by atoms with Crippen LogP contribution in [0.2, 0.25) is 0 Å². The van der Waals surface area contributed by atoms with Crippen LogP contribution in [0, 0.1) is 0 Å². The van der Waals surface area contributed by atoms with Crippen LogP contribution < -0.4 is 22.5 Å². The molecule has 0 spiro atoms. The van der Waals surface area contributed by atoms with E-state index in [1.807, 2.05) is 6.92 Å². The van der Waals surface area contributed by atoms with Crippen LogP contribution in [0.1, 0.15) is 33.6 Å². The fraction of sp³-hybridized carbons (Fsp3) is 0.615. The van der Waals surface area contributed by atoms with Crippen molar-refractivity contribution in [2.24, 2.45) is 5.84 Å². The Hall–Kier alpha value is -2.09. The Labute approximate surface area is 122 Å². The third-order valence-corrected chi connectivity index (χ3v) is 3.61. The minimum Gasteiger partial charge on any atom is -0.304 e. The second kappa shape index (κ2) is 6.13. The molecule has 0 amide bonds. The van der Waals surface area contributed by atoms with Crippen LogP contribution >= 0.6 is 0 Å². The summed E-state index contributed by atoms with van der Waals surface area (Å²) in [5.74, 6) is 5.86. The molecule has 3 N–H and O–H groups in total. The van der Waals surface area contributed by atoms with Gasteiger partial charge in [-0.2, -0.15) is 4.98 Å². The summed E-state index contributed by atoms with van der Waals surface area (Å²) in [6.07, 6.45) is 1.80. The molecule has 0 atom stereocenters. The summed E-state index contributed by atoms with van der Waals surface area (Å²) in [4.78, 5) is 29.3. The topological polar surface area (TPSA) is 99.9 Å². The molecule has 2 aromatic heterocycles. The van der Waals surface area contributed by atoms with Gasteiger partial charge in [-0.1, -0.05) is 13.3 Å². The molecule has 0 unspecified atom stereocenters. The third-order valence-electron chi connectivity index (χ3n) is 3.61. The summed E-state index contributed by atoms with van der Waals surface area (Å²) >= 11 is 0. The van der Waals surface area contributed by atoms with E-state index in [1.165, 1.54) is 4.57 Å². The summed E-state index contributed by atoms with van der Waals surface area (Å²) < 4.78 is 4.51. The van der Waals surface area contributed by atoms with Gasteiger partial charge < -0.3 is 4.57 Å². The minimum absolute atomic E-state index is 0.312. The van der Waals surface area contributed by atoms with Crippen molar-refractivity contribution in [3.05, 3.63) is 20.8 Å². The minimum atomic E-state index is -0.318. The van der Waals surface area contributed by atoms with Gasteiger partial charge in [-0.3, -0.25) is 19.4 Å². The fourth-order valence-electron chi connectivity index (χ4n) is 2.51. The molecule has 0 aliphatic carbocycles. The molecule has 0 fully saturated rings. The third kappa shape index (κ3) is 2.35. The number of aryl methyl sites for hydroxylation is 2. The van der Waals surface area contributed by atoms with E-state index in [1.54, 1.807) is 16.1 Å². The first-order valence-electron chi connectivity index (χ1n) is 7.31. The molecule has 0 saturated carbocycles. The van der Waals surface area contributed by atoms with Crippen LogP contribution in [-0.4, -0.2) is 18.7 Å². The molecule has 2 heterocycles. The summed E-state index contributed by atoms with van der Waals surface area (Å²) in [6, 6.07) is 0. The number of nitrogens with one attached hydrogen (secondary N) is 1. The summed E-state index contributed by atoms with van der Waals surface area (Å²) in [5, 5.41) is 0. The standard InChI is InChI=1S/C13H22N6O2/c1-4-7-8-19-10-9(11(20)18(6-3)13(19)21)17(5-2)12(15-10)16-14/h4-8,14H2,1-3H3,(H,15,16). The molecule has 116 valence electrons. The summed E-state index contributed by atoms with van der Waals surface area (Å²) in [5.41, 5.74) is 2.68. The van der Waals surface area contributed by atoms with Gasteiger partial charge in [0.1, 0.15) is 0 Å². The maximum Gasteiger partial charge on any atom is 0.332 e. The average molecular weight is 294 g/mol. The summed E-state index contributed by atoms with van der Waals surface area (Å²) in [7, 11) is 0. The Morgan fingerprint density at radius 3 is 2.29 bits per heavy atom. The van der Waals surface area contributed by atoms with Crippen LogP contribution in [0.3, 0.4) is 0 Å². The van der Waals surface area contributed by atoms with E-state index in [2.05, 4.69) is 17.3 Å². The van der Waals surface area contributed by atoms with Gasteiger partial charge in [0.2, 0.25) is 5.95 Å². The molecular weight excluding hydrogens is 272 g/mol. The zero-order chi connectivity index (χ0) is 15.6. The lowest BCUT2D eigenvalue weighted by molar-refractivity contribution is 0.560. The van der Waals surface area contributed by atoms with Gasteiger partial charge in [-0.25, -0.2) is 10.6 Å². The largest absolute Gasteiger partial charge is 0.332 e. The highest BCUT2D eigenvalue weighted by atomic mass is 16.2. The molecule has 0 bridgehead atoms. The zero-order valence-corrected chi connectivity index (χ0v) is 12.7. The van der Waals surface area contributed by atoms with E-state index in [0.717, 1.165) is 12.8 Å². The Balaban J connectivity index is 2.91. The van der Waals surface area contributed by atoms with Gasteiger partial charge in [0.05, 0.1) is 0 Å². The van der Waals surface area contributed by atoms with Crippen LogP contribution in [0.4, 0.5) is 5.95 Å². The predicted molar refractivity (Wildman–Crippen MR) is 82.3 cm³/mol. The number of nitrogens with two attached hydrogens (primary N) is 1. The normalized spacial score (nSPS) is 11.2. The van der Waals surface area contributed by atoms with Crippen molar-refractivity contribution in [2.45, 2.75) is 53.2 Å². The molecule has 0 aliphatic heterocycles. The maximum atomic E-state index is 12.5. The molecule has 0 aromatic carbocycles. The van der Waals surface area contributed by atoms with Gasteiger partial charge >= 0.3 is 5.69 Å². The quantitative estimate of drug-likeness (QED) is 0.596. The van der Waals surface area contributed by atoms with Gasteiger partial charge in [0, 0.05) is 19.6 Å². The van der Waals surface area contributed by atoms with Crippen molar-refractivity contribution < 1.29 is 0 Å². The molecule has 2 aromatic rings. The van der Waals surface area contributed by atoms with Gasteiger partial charge in [-0.15, -0.1) is 0 Å². The molecular formula is C13H22N6O2. The number of hydrogen-bond donors (Lipinski definition) is 2. The average Bonchev–Trinajstić information content (AvgIpc) is 2.86. The highest BCUT2D eigenvalue weighted by molar-refractivity contribution is 5.74. The molecule has 0 saturated heterocycles. The van der Waals surface area contributed by atoms with Crippen LogP contribution in [0.5, 0.6) is 0 Å². The Morgan fingerprint density at radius 1 is 1.10 bits per heavy atom. The van der Waals surface area contributed by atoms with Gasteiger partial charge in [-0.05, 0) is 20.3 Å². The van der Waals surface area contributed by atoms with E-state index in [9.17, 15) is 9.59 Å². The van der Waals surface area contributed by atoms with Crippen molar-refractivity contribution in [2.75, 3.05) is 5.43 Å². The van der Waals surface area contributed by atoms with Gasteiger partial charge in [0.15, 0.2) is 11.2 Å². The van der Waals surface area contributed by atoms with Crippen molar-refractivity contribution in [1.29, 1.82) is 0 Å². The first-order chi connectivity index (χ1) is 10.1. The first kappa shape index (κ1) is 15.3. The Kier molecular flexibility index (Phi) is 4.46. The number of hydrazine groups is 1. The van der Waals surface area contributed by atoms with E-state index < -0.39 is 0 Å². The Morgan fingerprint density at radius 2 is 1.76 bits per heavy atom. The van der Waals surface area contributed by atoms with E-state index in [-0.39, 0.29) is 11.2 Å². The van der Waals surface area contributed by atoms with E-state index >= 15 is 0 Å². The first-order valence-corrected chi connectivity index (χ1v) is 7.31. The van der Waals surface area contributed by atoms with Crippen molar-refractivity contribution in [3.8, 4) is 0 Å². The molecule has 2 rings (SSSR count). The van der Waals surface area contributed by atoms with Crippen LogP contribution in [0.25, 0.3) is 11.2 Å². The lowest BCUT2D eigenvalue weighted by Crippen LogP contribution is -2.40. The number of nitrogens with zero attached hydrogens (tertiary/aromatic N) is 4. The molecule has 0 aliphatic rings. The van der Waals surface area contributed by atoms with Crippen LogP contribution in [0.15, 0.2) is 9.59 Å².